The standard InChI is InChI=1S/C15H20F3N3O3S.K/c1-2-25(23,24)21-13-12(8-11(9-19-13)15(16,17)18)20-14(22)10-6-4-3-5-7-10;/h8-10H,2-7H2,1H3,(H2,19,20,21,22);/q;+1/p-1. The Balaban J connectivity index is 0.00000338. The van der Waals surface area contributed by atoms with Gasteiger partial charge in [0, 0.05) is 17.4 Å². The number of anilines is 1. The Morgan fingerprint density at radius 2 is 1.92 bits per heavy atom. The fraction of sp³-hybridized carbons (Fsp3) is 0.600. The molecule has 0 bridgehead atoms. The molecule has 26 heavy (non-hydrogen) atoms. The predicted octanol–water partition coefficient (Wildman–Crippen LogP) is 0.978. The molecular formula is C15H19F3KN3O3S. The van der Waals surface area contributed by atoms with E-state index in [-0.39, 0.29) is 68.7 Å². The number of hydrogen-bond donors (Lipinski definition) is 1. The van der Waals surface area contributed by atoms with Gasteiger partial charge in [-0.25, -0.2) is 8.42 Å². The van der Waals surface area contributed by atoms with Gasteiger partial charge in [-0.3, -0.25) is 4.79 Å². The van der Waals surface area contributed by atoms with Crippen molar-refractivity contribution in [3.8, 4) is 0 Å². The van der Waals surface area contributed by atoms with Crippen LogP contribution in [0.1, 0.15) is 44.6 Å². The minimum absolute atomic E-state index is 0. The molecule has 2 rings (SSSR count). The molecule has 1 amide bonds. The number of sulfonamides is 1. The number of nitrogens with one attached hydrogen (secondary N) is 1. The van der Waals surface area contributed by atoms with Crippen molar-refractivity contribution in [1.29, 1.82) is 0 Å². The van der Waals surface area contributed by atoms with E-state index in [1.54, 1.807) is 0 Å². The summed E-state index contributed by atoms with van der Waals surface area (Å²) in [7, 11) is -3.87. The zero-order valence-electron chi connectivity index (χ0n) is 14.6. The molecular weight excluding hydrogens is 398 g/mol. The van der Waals surface area contributed by atoms with E-state index < -0.39 is 33.5 Å². The molecule has 0 aromatic carbocycles. The van der Waals surface area contributed by atoms with Crippen LogP contribution in [0.3, 0.4) is 0 Å². The van der Waals surface area contributed by atoms with Gasteiger partial charge in [0.25, 0.3) is 0 Å². The first-order chi connectivity index (χ1) is 11.6. The topological polar surface area (TPSA) is 90.2 Å². The number of rotatable bonds is 5. The van der Waals surface area contributed by atoms with Crippen LogP contribution in [0.4, 0.5) is 24.7 Å². The number of carbonyl (C=O) groups excluding carboxylic acids is 1. The minimum Gasteiger partial charge on any atom is -0.440 e. The quantitative estimate of drug-likeness (QED) is 0.723. The summed E-state index contributed by atoms with van der Waals surface area (Å²) in [6, 6.07) is 0.664. The first kappa shape index (κ1) is 23.8. The van der Waals surface area contributed by atoms with E-state index in [1.807, 2.05) is 0 Å². The number of amides is 1. The molecule has 11 heteroatoms. The third-order valence-electron chi connectivity index (χ3n) is 4.02. The van der Waals surface area contributed by atoms with Crippen molar-refractivity contribution in [1.82, 2.24) is 4.98 Å². The van der Waals surface area contributed by atoms with Gasteiger partial charge in [0.05, 0.1) is 5.56 Å². The summed E-state index contributed by atoms with van der Waals surface area (Å²) in [5.74, 6) is -1.52. The van der Waals surface area contributed by atoms with E-state index in [2.05, 4.69) is 15.0 Å². The van der Waals surface area contributed by atoms with Crippen molar-refractivity contribution in [2.24, 2.45) is 5.92 Å². The van der Waals surface area contributed by atoms with Gasteiger partial charge in [0.1, 0.15) is 0 Å². The van der Waals surface area contributed by atoms with Crippen molar-refractivity contribution >= 4 is 27.4 Å². The Labute approximate surface area is 193 Å². The summed E-state index contributed by atoms with van der Waals surface area (Å²) < 4.78 is 65.4. The summed E-state index contributed by atoms with van der Waals surface area (Å²) >= 11 is 0. The Morgan fingerprint density at radius 3 is 2.46 bits per heavy atom. The molecule has 1 saturated carbocycles. The van der Waals surface area contributed by atoms with Gasteiger partial charge >= 0.3 is 57.6 Å². The van der Waals surface area contributed by atoms with E-state index in [1.165, 1.54) is 6.92 Å². The summed E-state index contributed by atoms with van der Waals surface area (Å²) in [5, 5.41) is 2.38. The summed E-state index contributed by atoms with van der Waals surface area (Å²) in [6.45, 7) is 1.35. The summed E-state index contributed by atoms with van der Waals surface area (Å²) in [6.07, 6.45) is -0.0966. The van der Waals surface area contributed by atoms with Gasteiger partial charge in [-0.15, -0.1) is 0 Å². The van der Waals surface area contributed by atoms with E-state index in [0.29, 0.717) is 25.1 Å². The molecule has 140 valence electrons. The van der Waals surface area contributed by atoms with Crippen molar-refractivity contribution in [3.63, 3.8) is 0 Å². The molecule has 1 aromatic rings. The monoisotopic (exact) mass is 417 g/mol. The zero-order chi connectivity index (χ0) is 18.7. The van der Waals surface area contributed by atoms with Crippen molar-refractivity contribution in [2.45, 2.75) is 45.2 Å². The smallest absolute Gasteiger partial charge is 0.440 e. The number of aromatic nitrogens is 1. The molecule has 0 atom stereocenters. The van der Waals surface area contributed by atoms with Crippen molar-refractivity contribution < 1.29 is 77.8 Å². The SMILES string of the molecule is CCS(=O)(=O)[N-]c1ncc(C(F)(F)F)cc1NC(=O)C1CCCCC1.[K+]. The van der Waals surface area contributed by atoms with Gasteiger partial charge in [-0.05, 0) is 24.7 Å². The van der Waals surface area contributed by atoms with Gasteiger partial charge in [0.2, 0.25) is 5.91 Å². The first-order valence-electron chi connectivity index (χ1n) is 7.96. The third-order valence-corrected chi connectivity index (χ3v) is 5.20. The van der Waals surface area contributed by atoms with Crippen LogP contribution in [0.25, 0.3) is 4.72 Å². The molecule has 0 radical (unpaired) electrons. The third kappa shape index (κ3) is 6.75. The van der Waals surface area contributed by atoms with Gasteiger partial charge < -0.3 is 15.0 Å². The molecule has 1 N–H and O–H groups in total. The molecule has 0 unspecified atom stereocenters. The first-order valence-corrected chi connectivity index (χ1v) is 9.57. The predicted molar refractivity (Wildman–Crippen MR) is 86.9 cm³/mol. The van der Waals surface area contributed by atoms with Crippen LogP contribution in [0.2, 0.25) is 0 Å². The van der Waals surface area contributed by atoms with E-state index in [4.69, 9.17) is 0 Å². The molecule has 0 aliphatic heterocycles. The number of hydrogen-bond acceptors (Lipinski definition) is 4. The van der Waals surface area contributed by atoms with Crippen molar-refractivity contribution in [2.75, 3.05) is 11.1 Å². The average molecular weight is 417 g/mol. The second kappa shape index (κ2) is 9.83. The van der Waals surface area contributed by atoms with Crippen LogP contribution in [-0.2, 0) is 21.0 Å². The Hall–Kier alpha value is -0.204. The number of carbonyl (C=O) groups is 1. The van der Waals surface area contributed by atoms with E-state index in [0.717, 1.165) is 19.3 Å². The molecule has 6 nitrogen and oxygen atoms in total. The Kier molecular flexibility index (Phi) is 9.01. The average Bonchev–Trinajstić information content (AvgIpc) is 2.56. The molecule has 1 fully saturated rings. The zero-order valence-corrected chi connectivity index (χ0v) is 18.6. The van der Waals surface area contributed by atoms with Crippen LogP contribution < -0.4 is 56.7 Å². The maximum atomic E-state index is 12.9. The molecule has 1 aliphatic carbocycles. The Bertz CT molecular complexity index is 735. The molecule has 1 aliphatic rings. The number of alkyl halides is 3. The minimum atomic E-state index is -4.67. The molecule has 1 heterocycles. The van der Waals surface area contributed by atoms with Crippen LogP contribution >= 0.6 is 0 Å². The van der Waals surface area contributed by atoms with Crippen LogP contribution in [-0.4, -0.2) is 25.1 Å². The second-order valence-corrected chi connectivity index (χ2v) is 7.80. The van der Waals surface area contributed by atoms with Crippen LogP contribution in [0.5, 0.6) is 0 Å². The van der Waals surface area contributed by atoms with E-state index in [9.17, 15) is 26.4 Å². The molecule has 0 saturated heterocycles. The summed E-state index contributed by atoms with van der Waals surface area (Å²) in [4.78, 5) is 15.8. The molecule has 0 spiro atoms. The number of nitrogens with zero attached hydrogens (tertiary/aromatic N) is 2. The van der Waals surface area contributed by atoms with E-state index >= 15 is 0 Å². The van der Waals surface area contributed by atoms with Crippen LogP contribution in [0, 0.1) is 5.92 Å². The van der Waals surface area contributed by atoms with Gasteiger partial charge in [0.15, 0.2) is 10.0 Å². The van der Waals surface area contributed by atoms with Gasteiger partial charge in [-0.1, -0.05) is 32.4 Å². The maximum absolute atomic E-state index is 12.9. The maximum Gasteiger partial charge on any atom is 1.00 e. The largest absolute Gasteiger partial charge is 1.00 e. The normalized spacial score (nSPS) is 15.8. The fourth-order valence-electron chi connectivity index (χ4n) is 2.57. The van der Waals surface area contributed by atoms with Crippen LogP contribution in [0.15, 0.2) is 12.3 Å². The van der Waals surface area contributed by atoms with Gasteiger partial charge in [-0.2, -0.15) is 13.2 Å². The molecule has 1 aromatic heterocycles. The fourth-order valence-corrected chi connectivity index (χ4v) is 3.11. The number of pyridine rings is 1. The van der Waals surface area contributed by atoms with Crippen molar-refractivity contribution in [3.05, 3.63) is 22.5 Å². The summed E-state index contributed by atoms with van der Waals surface area (Å²) in [5.41, 5.74) is -1.43. The Morgan fingerprint density at radius 1 is 1.31 bits per heavy atom. The number of halogens is 3. The second-order valence-electron chi connectivity index (χ2n) is 5.88.